The van der Waals surface area contributed by atoms with Crippen LogP contribution in [0.4, 0.5) is 5.69 Å². The summed E-state index contributed by atoms with van der Waals surface area (Å²) in [4.78, 5) is 0. The number of hydrogen-bond donors (Lipinski definition) is 1. The van der Waals surface area contributed by atoms with Crippen molar-refractivity contribution in [3.63, 3.8) is 0 Å². The number of anilines is 1. The van der Waals surface area contributed by atoms with Crippen LogP contribution in [-0.2, 0) is 9.84 Å². The van der Waals surface area contributed by atoms with Crippen molar-refractivity contribution >= 4 is 15.5 Å². The molecule has 0 aliphatic rings. The topological polar surface area (TPSA) is 55.4 Å². The smallest absolute Gasteiger partial charge is 0.150 e. The van der Waals surface area contributed by atoms with Crippen molar-refractivity contribution in [3.8, 4) is 5.75 Å². The van der Waals surface area contributed by atoms with Crippen molar-refractivity contribution in [1.82, 2.24) is 0 Å². The highest BCUT2D eigenvalue weighted by molar-refractivity contribution is 7.91. The molecule has 0 fully saturated rings. The first-order valence-corrected chi connectivity index (χ1v) is 8.56. The van der Waals surface area contributed by atoms with Gasteiger partial charge in [-0.2, -0.15) is 0 Å². The van der Waals surface area contributed by atoms with Gasteiger partial charge in [-0.25, -0.2) is 8.42 Å². The molecule has 1 aromatic carbocycles. The summed E-state index contributed by atoms with van der Waals surface area (Å²) in [5, 5.41) is 3.20. The van der Waals surface area contributed by atoms with E-state index in [2.05, 4.69) is 12.2 Å². The molecule has 1 aromatic rings. The first-order chi connectivity index (χ1) is 9.07. The molecule has 0 heterocycles. The summed E-state index contributed by atoms with van der Waals surface area (Å²) in [6.45, 7) is 5.13. The van der Waals surface area contributed by atoms with E-state index in [1.165, 1.54) is 0 Å². The minimum atomic E-state index is -2.85. The molecule has 0 saturated heterocycles. The molecule has 0 aliphatic carbocycles. The highest BCUT2D eigenvalue weighted by Gasteiger charge is 2.05. The Bertz CT molecular complexity index is 454. The van der Waals surface area contributed by atoms with E-state index in [1.807, 2.05) is 24.3 Å². The van der Waals surface area contributed by atoms with Crippen molar-refractivity contribution in [2.24, 2.45) is 0 Å². The molecule has 5 heteroatoms. The zero-order valence-corrected chi connectivity index (χ0v) is 12.5. The number of rotatable bonds is 9. The molecule has 0 atom stereocenters. The largest absolute Gasteiger partial charge is 0.494 e. The molecule has 108 valence electrons. The zero-order chi connectivity index (χ0) is 14.1. The lowest BCUT2D eigenvalue weighted by molar-refractivity contribution is 0.317. The Labute approximate surface area is 116 Å². The summed E-state index contributed by atoms with van der Waals surface area (Å²) in [6, 6.07) is 7.72. The van der Waals surface area contributed by atoms with E-state index < -0.39 is 9.84 Å². The summed E-state index contributed by atoms with van der Waals surface area (Å²) in [5.74, 6) is 1.32. The van der Waals surface area contributed by atoms with Gasteiger partial charge in [0.05, 0.1) is 12.4 Å². The number of benzene rings is 1. The lowest BCUT2D eigenvalue weighted by atomic mass is 10.3. The van der Waals surface area contributed by atoms with E-state index in [0.29, 0.717) is 13.0 Å². The van der Waals surface area contributed by atoms with E-state index in [-0.39, 0.29) is 11.5 Å². The average molecular weight is 285 g/mol. The van der Waals surface area contributed by atoms with Crippen LogP contribution in [0, 0.1) is 0 Å². The molecule has 1 rings (SSSR count). The van der Waals surface area contributed by atoms with Crippen LogP contribution >= 0.6 is 0 Å². The third-order valence-electron chi connectivity index (χ3n) is 2.73. The molecule has 0 radical (unpaired) electrons. The van der Waals surface area contributed by atoms with Crippen LogP contribution in [0.3, 0.4) is 0 Å². The van der Waals surface area contributed by atoms with E-state index in [4.69, 9.17) is 4.74 Å². The molecule has 0 aromatic heterocycles. The lowest BCUT2D eigenvalue weighted by Crippen LogP contribution is -2.12. The zero-order valence-electron chi connectivity index (χ0n) is 11.7. The van der Waals surface area contributed by atoms with Crippen LogP contribution < -0.4 is 10.1 Å². The van der Waals surface area contributed by atoms with Crippen molar-refractivity contribution in [2.45, 2.75) is 26.7 Å². The predicted octanol–water partition coefficient (Wildman–Crippen LogP) is 2.71. The Hall–Kier alpha value is -1.23. The van der Waals surface area contributed by atoms with Gasteiger partial charge < -0.3 is 10.1 Å². The van der Waals surface area contributed by atoms with Crippen molar-refractivity contribution in [3.05, 3.63) is 24.3 Å². The molecule has 0 bridgehead atoms. The minimum Gasteiger partial charge on any atom is -0.494 e. The molecule has 19 heavy (non-hydrogen) atoms. The standard InChI is InChI=1S/C14H23NO3S/c1-3-11-18-14-8-6-13(7-9-14)15-10-5-12-19(16,17)4-2/h6-9,15H,3-5,10-12H2,1-2H3. The van der Waals surface area contributed by atoms with Crippen LogP contribution in [0.1, 0.15) is 26.7 Å². The molecular weight excluding hydrogens is 262 g/mol. The van der Waals surface area contributed by atoms with Gasteiger partial charge in [0.1, 0.15) is 15.6 Å². The summed E-state index contributed by atoms with van der Waals surface area (Å²) < 4.78 is 28.1. The van der Waals surface area contributed by atoms with Gasteiger partial charge in [0.25, 0.3) is 0 Å². The van der Waals surface area contributed by atoms with E-state index >= 15 is 0 Å². The van der Waals surface area contributed by atoms with Crippen molar-refractivity contribution in [2.75, 3.05) is 30.0 Å². The summed E-state index contributed by atoms with van der Waals surface area (Å²) >= 11 is 0. The van der Waals surface area contributed by atoms with Crippen molar-refractivity contribution < 1.29 is 13.2 Å². The van der Waals surface area contributed by atoms with Gasteiger partial charge in [-0.3, -0.25) is 0 Å². The van der Waals surface area contributed by atoms with Crippen LogP contribution in [0.5, 0.6) is 5.75 Å². The fourth-order valence-electron chi connectivity index (χ4n) is 1.56. The Morgan fingerprint density at radius 3 is 2.42 bits per heavy atom. The van der Waals surface area contributed by atoms with Gasteiger partial charge in [0, 0.05) is 18.0 Å². The Balaban J connectivity index is 2.30. The van der Waals surface area contributed by atoms with Gasteiger partial charge in [0.15, 0.2) is 0 Å². The van der Waals surface area contributed by atoms with Crippen LogP contribution in [-0.4, -0.2) is 33.1 Å². The van der Waals surface area contributed by atoms with Gasteiger partial charge in [-0.05, 0) is 37.1 Å². The van der Waals surface area contributed by atoms with Crippen LogP contribution in [0.25, 0.3) is 0 Å². The summed E-state index contributed by atoms with van der Waals surface area (Å²) in [7, 11) is -2.85. The van der Waals surface area contributed by atoms with E-state index in [9.17, 15) is 8.42 Å². The highest BCUT2D eigenvalue weighted by Crippen LogP contribution is 2.15. The maximum atomic E-state index is 11.3. The summed E-state index contributed by atoms with van der Waals surface area (Å²) in [6.07, 6.45) is 1.62. The Morgan fingerprint density at radius 1 is 1.16 bits per heavy atom. The molecular formula is C14H23NO3S. The molecule has 0 saturated carbocycles. The fraction of sp³-hybridized carbons (Fsp3) is 0.571. The van der Waals surface area contributed by atoms with E-state index in [0.717, 1.165) is 24.5 Å². The molecule has 0 spiro atoms. The van der Waals surface area contributed by atoms with E-state index in [1.54, 1.807) is 6.92 Å². The van der Waals surface area contributed by atoms with Crippen LogP contribution in [0.15, 0.2) is 24.3 Å². The van der Waals surface area contributed by atoms with Crippen molar-refractivity contribution in [1.29, 1.82) is 0 Å². The maximum Gasteiger partial charge on any atom is 0.150 e. The highest BCUT2D eigenvalue weighted by atomic mass is 32.2. The lowest BCUT2D eigenvalue weighted by Gasteiger charge is -2.08. The third-order valence-corrected chi connectivity index (χ3v) is 4.52. The fourth-order valence-corrected chi connectivity index (χ4v) is 2.43. The number of ether oxygens (including phenoxy) is 1. The second kappa shape index (κ2) is 8.04. The molecule has 0 amide bonds. The minimum absolute atomic E-state index is 0.219. The number of hydrogen-bond acceptors (Lipinski definition) is 4. The monoisotopic (exact) mass is 285 g/mol. The first kappa shape index (κ1) is 15.8. The van der Waals surface area contributed by atoms with Gasteiger partial charge in [-0.1, -0.05) is 13.8 Å². The van der Waals surface area contributed by atoms with Crippen LogP contribution in [0.2, 0.25) is 0 Å². The third kappa shape index (κ3) is 6.47. The average Bonchev–Trinajstić information content (AvgIpc) is 2.42. The molecule has 0 aliphatic heterocycles. The van der Waals surface area contributed by atoms with Gasteiger partial charge in [0.2, 0.25) is 0 Å². The second-order valence-corrected chi connectivity index (χ2v) is 6.86. The molecule has 1 N–H and O–H groups in total. The number of nitrogens with one attached hydrogen (secondary N) is 1. The maximum absolute atomic E-state index is 11.3. The Morgan fingerprint density at radius 2 is 1.84 bits per heavy atom. The number of sulfone groups is 1. The predicted molar refractivity (Wildman–Crippen MR) is 79.7 cm³/mol. The molecule has 0 unspecified atom stereocenters. The SMILES string of the molecule is CCCOc1ccc(NCCCS(=O)(=O)CC)cc1. The molecule has 4 nitrogen and oxygen atoms in total. The Kier molecular flexibility index (Phi) is 6.70. The first-order valence-electron chi connectivity index (χ1n) is 6.74. The normalized spacial score (nSPS) is 11.3. The second-order valence-electron chi connectivity index (χ2n) is 4.39. The van der Waals surface area contributed by atoms with Gasteiger partial charge in [-0.15, -0.1) is 0 Å². The summed E-state index contributed by atoms with van der Waals surface area (Å²) in [5.41, 5.74) is 0.984. The van der Waals surface area contributed by atoms with Gasteiger partial charge >= 0.3 is 0 Å². The quantitative estimate of drug-likeness (QED) is 0.709.